The lowest BCUT2D eigenvalue weighted by Crippen LogP contribution is -1.85. The van der Waals surface area contributed by atoms with E-state index < -0.39 is 6.16 Å². The third kappa shape index (κ3) is 35.1. The Morgan fingerprint density at radius 3 is 1.25 bits per heavy atom. The molecular formula is C7H16O5. The van der Waals surface area contributed by atoms with E-state index in [4.69, 9.17) is 25.2 Å². The summed E-state index contributed by atoms with van der Waals surface area (Å²) in [5, 5.41) is 30.6. The number of carbonyl (C=O) groups is 1. The van der Waals surface area contributed by atoms with Gasteiger partial charge in [-0.15, -0.1) is 0 Å². The Morgan fingerprint density at radius 1 is 0.833 bits per heavy atom. The first kappa shape index (κ1) is 13.8. The number of rotatable bonds is 5. The molecule has 74 valence electrons. The van der Waals surface area contributed by atoms with E-state index >= 15 is 0 Å². The van der Waals surface area contributed by atoms with Gasteiger partial charge in [-0.1, -0.05) is 12.8 Å². The molecule has 0 unspecified atom stereocenters. The molecule has 0 aromatic heterocycles. The molecule has 5 nitrogen and oxygen atoms in total. The van der Waals surface area contributed by atoms with Crippen LogP contribution in [-0.2, 0) is 0 Å². The third-order valence-corrected chi connectivity index (χ3v) is 1.07. The van der Waals surface area contributed by atoms with E-state index in [1.807, 2.05) is 0 Å². The van der Waals surface area contributed by atoms with E-state index in [1.54, 1.807) is 0 Å². The van der Waals surface area contributed by atoms with Gasteiger partial charge in [0.2, 0.25) is 0 Å². The Kier molecular flexibility index (Phi) is 14.7. The topological polar surface area (TPSA) is 98.0 Å². The maximum absolute atomic E-state index is 8.56. The van der Waals surface area contributed by atoms with Gasteiger partial charge in [0.05, 0.1) is 0 Å². The summed E-state index contributed by atoms with van der Waals surface area (Å²) in [5.41, 5.74) is 0. The van der Waals surface area contributed by atoms with Crippen LogP contribution in [0.3, 0.4) is 0 Å². The Labute approximate surface area is 71.3 Å². The van der Waals surface area contributed by atoms with Gasteiger partial charge in [0.15, 0.2) is 0 Å². The molecule has 0 aliphatic rings. The second kappa shape index (κ2) is 12.8. The van der Waals surface area contributed by atoms with E-state index in [1.165, 1.54) is 0 Å². The van der Waals surface area contributed by atoms with E-state index in [-0.39, 0.29) is 13.2 Å². The van der Waals surface area contributed by atoms with Crippen molar-refractivity contribution in [1.82, 2.24) is 0 Å². The summed E-state index contributed by atoms with van der Waals surface area (Å²) in [4.78, 5) is 8.56. The fourth-order valence-electron chi connectivity index (χ4n) is 0.577. The molecule has 5 heteroatoms. The van der Waals surface area contributed by atoms with Gasteiger partial charge in [-0.2, -0.15) is 0 Å². The van der Waals surface area contributed by atoms with Crippen molar-refractivity contribution in [2.45, 2.75) is 25.7 Å². The van der Waals surface area contributed by atoms with Crippen LogP contribution in [0.5, 0.6) is 0 Å². The van der Waals surface area contributed by atoms with E-state index in [9.17, 15) is 0 Å². The number of aliphatic hydroxyl groups excluding tert-OH is 2. The zero-order valence-electron chi connectivity index (χ0n) is 6.94. The van der Waals surface area contributed by atoms with Gasteiger partial charge in [0.1, 0.15) is 0 Å². The van der Waals surface area contributed by atoms with Crippen LogP contribution in [-0.4, -0.2) is 39.8 Å². The fraction of sp³-hybridized carbons (Fsp3) is 0.857. The first-order chi connectivity index (χ1) is 5.65. The number of hydrogen-bond donors (Lipinski definition) is 4. The van der Waals surface area contributed by atoms with Crippen LogP contribution < -0.4 is 0 Å². The molecule has 0 spiro atoms. The molecule has 0 aliphatic heterocycles. The summed E-state index contributed by atoms with van der Waals surface area (Å²) in [6, 6.07) is 0. The number of aliphatic hydroxyl groups is 2. The lowest BCUT2D eigenvalue weighted by Gasteiger charge is -1.93. The van der Waals surface area contributed by atoms with Crippen molar-refractivity contribution >= 4 is 6.16 Å². The Balaban J connectivity index is 0. The normalized spacial score (nSPS) is 8.50. The second-order valence-corrected chi connectivity index (χ2v) is 2.14. The average molecular weight is 180 g/mol. The maximum atomic E-state index is 8.56. The van der Waals surface area contributed by atoms with Gasteiger partial charge in [-0.05, 0) is 12.8 Å². The van der Waals surface area contributed by atoms with Crippen LogP contribution in [0.4, 0.5) is 4.79 Å². The first-order valence-corrected chi connectivity index (χ1v) is 3.78. The highest BCUT2D eigenvalue weighted by atomic mass is 16.6. The van der Waals surface area contributed by atoms with Crippen LogP contribution in [0.2, 0.25) is 0 Å². The van der Waals surface area contributed by atoms with Crippen LogP contribution >= 0.6 is 0 Å². The van der Waals surface area contributed by atoms with Crippen LogP contribution in [0, 0.1) is 0 Å². The van der Waals surface area contributed by atoms with Crippen molar-refractivity contribution in [2.24, 2.45) is 0 Å². The van der Waals surface area contributed by atoms with Crippen molar-refractivity contribution in [3.63, 3.8) is 0 Å². The largest absolute Gasteiger partial charge is 0.503 e. The molecular weight excluding hydrogens is 164 g/mol. The Hall–Kier alpha value is -0.810. The Morgan fingerprint density at radius 2 is 1.08 bits per heavy atom. The minimum atomic E-state index is -1.83. The molecule has 0 saturated heterocycles. The van der Waals surface area contributed by atoms with Gasteiger partial charge in [-0.3, -0.25) is 0 Å². The SMILES string of the molecule is O=C(O)O.OCCCCCCO. The second-order valence-electron chi connectivity index (χ2n) is 2.14. The van der Waals surface area contributed by atoms with Gasteiger partial charge in [-0.25, -0.2) is 4.79 Å². The quantitative estimate of drug-likeness (QED) is 0.468. The van der Waals surface area contributed by atoms with E-state index in [2.05, 4.69) is 0 Å². The predicted octanol–water partition coefficient (Wildman–Crippen LogP) is 0.754. The molecule has 0 saturated carbocycles. The molecule has 0 heterocycles. The average Bonchev–Trinajstić information content (AvgIpc) is 1.97. The van der Waals surface area contributed by atoms with Crippen LogP contribution in [0.15, 0.2) is 0 Å². The summed E-state index contributed by atoms with van der Waals surface area (Å²) < 4.78 is 0. The van der Waals surface area contributed by atoms with Crippen molar-refractivity contribution in [1.29, 1.82) is 0 Å². The van der Waals surface area contributed by atoms with Crippen molar-refractivity contribution in [3.8, 4) is 0 Å². The summed E-state index contributed by atoms with van der Waals surface area (Å²) in [6.45, 7) is 0.566. The van der Waals surface area contributed by atoms with Crippen molar-refractivity contribution in [3.05, 3.63) is 0 Å². The van der Waals surface area contributed by atoms with Crippen molar-refractivity contribution < 1.29 is 25.2 Å². The molecule has 0 bridgehead atoms. The lowest BCUT2D eigenvalue weighted by atomic mass is 10.2. The molecule has 12 heavy (non-hydrogen) atoms. The monoisotopic (exact) mass is 180 g/mol. The fourth-order valence-corrected chi connectivity index (χ4v) is 0.577. The van der Waals surface area contributed by atoms with Gasteiger partial charge in [0.25, 0.3) is 0 Å². The summed E-state index contributed by atoms with van der Waals surface area (Å²) in [6.07, 6.45) is 1.99. The van der Waals surface area contributed by atoms with Crippen LogP contribution in [0.25, 0.3) is 0 Å². The summed E-state index contributed by atoms with van der Waals surface area (Å²) >= 11 is 0. The molecule has 0 fully saturated rings. The molecule has 4 N–H and O–H groups in total. The summed E-state index contributed by atoms with van der Waals surface area (Å²) in [7, 11) is 0. The van der Waals surface area contributed by atoms with Gasteiger partial charge >= 0.3 is 6.16 Å². The highest BCUT2D eigenvalue weighted by Gasteiger charge is 1.84. The first-order valence-electron chi connectivity index (χ1n) is 3.78. The van der Waals surface area contributed by atoms with Crippen molar-refractivity contribution in [2.75, 3.05) is 13.2 Å². The molecule has 0 aliphatic carbocycles. The van der Waals surface area contributed by atoms with Crippen LogP contribution in [0.1, 0.15) is 25.7 Å². The molecule has 0 amide bonds. The zero-order chi connectivity index (χ0) is 9.82. The van der Waals surface area contributed by atoms with Gasteiger partial charge < -0.3 is 20.4 Å². The van der Waals surface area contributed by atoms with Gasteiger partial charge in [0, 0.05) is 13.2 Å². The molecule has 0 aromatic carbocycles. The minimum Gasteiger partial charge on any atom is -0.450 e. The highest BCUT2D eigenvalue weighted by Crippen LogP contribution is 1.96. The number of carboxylic acid groups (broad SMARTS) is 2. The zero-order valence-corrected chi connectivity index (χ0v) is 6.94. The molecule has 0 rings (SSSR count). The summed E-state index contributed by atoms with van der Waals surface area (Å²) in [5.74, 6) is 0. The molecule has 0 atom stereocenters. The van der Waals surface area contributed by atoms with E-state index in [0.29, 0.717) is 0 Å². The number of unbranched alkanes of at least 4 members (excludes halogenated alkanes) is 3. The minimum absolute atomic E-state index is 0.283. The van der Waals surface area contributed by atoms with E-state index in [0.717, 1.165) is 25.7 Å². The number of hydrogen-bond acceptors (Lipinski definition) is 3. The maximum Gasteiger partial charge on any atom is 0.503 e. The highest BCUT2D eigenvalue weighted by molar-refractivity contribution is 5.53. The lowest BCUT2D eigenvalue weighted by molar-refractivity contribution is 0.137. The standard InChI is InChI=1S/C6H14O2.CH2O3/c7-5-3-1-2-4-6-8;2-1(3)4/h7-8H,1-6H2;(H2,2,3,4). The predicted molar refractivity (Wildman–Crippen MR) is 43.3 cm³/mol. The molecule has 0 radical (unpaired) electrons. The Bertz CT molecular complexity index is 83.8. The smallest absolute Gasteiger partial charge is 0.450 e. The third-order valence-electron chi connectivity index (χ3n) is 1.07. The molecule has 0 aromatic rings.